The molecule has 0 bridgehead atoms. The van der Waals surface area contributed by atoms with Crippen molar-refractivity contribution in [2.24, 2.45) is 0 Å². The third-order valence-corrected chi connectivity index (χ3v) is 0.768. The lowest BCUT2D eigenvalue weighted by molar-refractivity contribution is -0.137. The molecule has 0 aliphatic rings. The lowest BCUT2D eigenvalue weighted by Crippen LogP contribution is -2.27. The maximum absolute atomic E-state index is 10.6. The van der Waals surface area contributed by atoms with Crippen LogP contribution in [0.4, 0.5) is 0 Å². The van der Waals surface area contributed by atoms with E-state index in [0.717, 1.165) is 0 Å². The van der Waals surface area contributed by atoms with Crippen molar-refractivity contribution < 1.29 is 14.4 Å². The molecule has 10 heavy (non-hydrogen) atoms. The molecule has 0 spiro atoms. The average Bonchev–Trinajstić information content (AvgIpc) is 1.97. The quantitative estimate of drug-likeness (QED) is 0.561. The summed E-state index contributed by atoms with van der Waals surface area (Å²) >= 11 is 0. The summed E-state index contributed by atoms with van der Waals surface area (Å²) in [7, 11) is 0. The number of hydrogen-bond acceptors (Lipinski definition) is 3. The predicted octanol–water partition coefficient (Wildman–Crippen LogP) is 0.0906. The van der Waals surface area contributed by atoms with Crippen molar-refractivity contribution in [1.29, 1.82) is 0 Å². The van der Waals surface area contributed by atoms with Crippen LogP contribution in [-0.4, -0.2) is 25.7 Å². The van der Waals surface area contributed by atoms with Crippen molar-refractivity contribution >= 4 is 5.91 Å². The molecule has 0 radical (unpaired) electrons. The first kappa shape index (κ1) is 9.39. The molecule has 60 valence electrons. The van der Waals surface area contributed by atoms with E-state index in [-0.39, 0.29) is 12.5 Å². The van der Waals surface area contributed by atoms with Crippen molar-refractivity contribution in [2.75, 3.05) is 19.8 Å². The largest absolute Gasteiger partial charge is 0.372 e. The Kier molecular flexibility index (Phi) is 6.11. The number of amides is 1. The monoisotopic (exact) mass is 147 g/mol. The van der Waals surface area contributed by atoms with Crippen LogP contribution in [0.2, 0.25) is 0 Å². The first-order valence-corrected chi connectivity index (χ1v) is 3.29. The summed E-state index contributed by atoms with van der Waals surface area (Å²) in [6.07, 6.45) is 0. The van der Waals surface area contributed by atoms with Gasteiger partial charge in [0, 0.05) is 6.61 Å². The number of carbonyl (C=O) groups excluding carboxylic acids is 1. The summed E-state index contributed by atoms with van der Waals surface area (Å²) in [5, 5.41) is 0. The van der Waals surface area contributed by atoms with E-state index in [9.17, 15) is 4.79 Å². The zero-order valence-electron chi connectivity index (χ0n) is 6.35. The van der Waals surface area contributed by atoms with E-state index in [1.165, 1.54) is 0 Å². The number of nitrogens with one attached hydrogen (secondary N) is 1. The molecule has 0 aromatic rings. The van der Waals surface area contributed by atoms with Crippen LogP contribution < -0.4 is 5.48 Å². The number of carbonyl (C=O) groups is 1. The standard InChI is InChI=1S/C6H13NO3/c1-3-9-5-6(8)7-10-4-2/h3-5H2,1-2H3,(H,7,8). The van der Waals surface area contributed by atoms with Crippen LogP contribution in [0.1, 0.15) is 13.8 Å². The van der Waals surface area contributed by atoms with E-state index in [1.54, 1.807) is 6.92 Å². The lowest BCUT2D eigenvalue weighted by atomic mass is 10.7. The molecule has 0 saturated carbocycles. The van der Waals surface area contributed by atoms with Gasteiger partial charge >= 0.3 is 0 Å². The molecule has 0 atom stereocenters. The van der Waals surface area contributed by atoms with Crippen LogP contribution in [0, 0.1) is 0 Å². The van der Waals surface area contributed by atoms with Gasteiger partial charge in [0.2, 0.25) is 0 Å². The Labute approximate surface area is 60.5 Å². The van der Waals surface area contributed by atoms with E-state index in [0.29, 0.717) is 13.2 Å². The topological polar surface area (TPSA) is 47.6 Å². The molecule has 4 nitrogen and oxygen atoms in total. The highest BCUT2D eigenvalue weighted by molar-refractivity contribution is 5.75. The van der Waals surface area contributed by atoms with Crippen molar-refractivity contribution in [3.63, 3.8) is 0 Å². The van der Waals surface area contributed by atoms with Gasteiger partial charge in [0.05, 0.1) is 6.61 Å². The smallest absolute Gasteiger partial charge is 0.269 e. The van der Waals surface area contributed by atoms with E-state index in [1.807, 2.05) is 6.92 Å². The Morgan fingerprint density at radius 1 is 1.40 bits per heavy atom. The highest BCUT2D eigenvalue weighted by Gasteiger charge is 1.97. The summed E-state index contributed by atoms with van der Waals surface area (Å²) in [4.78, 5) is 15.2. The van der Waals surface area contributed by atoms with Crippen LogP contribution in [0.15, 0.2) is 0 Å². The Hall–Kier alpha value is -0.610. The van der Waals surface area contributed by atoms with Crippen LogP contribution in [0.3, 0.4) is 0 Å². The number of rotatable bonds is 5. The molecule has 1 amide bonds. The second-order valence-corrected chi connectivity index (χ2v) is 1.60. The van der Waals surface area contributed by atoms with Crippen LogP contribution in [0.25, 0.3) is 0 Å². The summed E-state index contributed by atoms with van der Waals surface area (Å²) < 4.78 is 4.80. The van der Waals surface area contributed by atoms with Gasteiger partial charge in [-0.3, -0.25) is 9.63 Å². The fourth-order valence-corrected chi connectivity index (χ4v) is 0.377. The van der Waals surface area contributed by atoms with Crippen molar-refractivity contribution in [1.82, 2.24) is 5.48 Å². The number of hydrogen-bond donors (Lipinski definition) is 1. The van der Waals surface area contributed by atoms with Gasteiger partial charge in [-0.2, -0.15) is 0 Å². The lowest BCUT2D eigenvalue weighted by Gasteiger charge is -2.02. The van der Waals surface area contributed by atoms with Crippen LogP contribution in [-0.2, 0) is 14.4 Å². The molecule has 0 aromatic heterocycles. The fraction of sp³-hybridized carbons (Fsp3) is 0.833. The summed E-state index contributed by atoms with van der Waals surface area (Å²) in [6.45, 7) is 4.70. The van der Waals surface area contributed by atoms with Gasteiger partial charge < -0.3 is 4.74 Å². The van der Waals surface area contributed by atoms with Gasteiger partial charge in [0.25, 0.3) is 5.91 Å². The molecule has 0 aliphatic heterocycles. The number of ether oxygens (including phenoxy) is 1. The van der Waals surface area contributed by atoms with Gasteiger partial charge in [-0.15, -0.1) is 0 Å². The predicted molar refractivity (Wildman–Crippen MR) is 36.3 cm³/mol. The van der Waals surface area contributed by atoms with Gasteiger partial charge in [-0.25, -0.2) is 5.48 Å². The molecule has 0 aromatic carbocycles. The second kappa shape index (κ2) is 6.51. The fourth-order valence-electron chi connectivity index (χ4n) is 0.377. The zero-order valence-corrected chi connectivity index (χ0v) is 6.35. The molecule has 0 heterocycles. The minimum absolute atomic E-state index is 0.0660. The first-order chi connectivity index (χ1) is 4.81. The maximum Gasteiger partial charge on any atom is 0.269 e. The van der Waals surface area contributed by atoms with E-state index < -0.39 is 0 Å². The molecular formula is C6H13NO3. The molecule has 0 fully saturated rings. The number of hydroxylamine groups is 1. The summed E-state index contributed by atoms with van der Waals surface area (Å²) in [5.41, 5.74) is 2.20. The summed E-state index contributed by atoms with van der Waals surface area (Å²) in [6, 6.07) is 0. The Morgan fingerprint density at radius 3 is 2.60 bits per heavy atom. The van der Waals surface area contributed by atoms with E-state index in [2.05, 4.69) is 10.3 Å². The molecule has 1 N–H and O–H groups in total. The minimum atomic E-state index is -0.247. The molecule has 4 heteroatoms. The molecular weight excluding hydrogens is 134 g/mol. The Morgan fingerprint density at radius 2 is 2.10 bits per heavy atom. The van der Waals surface area contributed by atoms with Crippen molar-refractivity contribution in [2.45, 2.75) is 13.8 Å². The SMILES string of the molecule is CCOCC(=O)NOCC. The van der Waals surface area contributed by atoms with Crippen LogP contribution >= 0.6 is 0 Å². The van der Waals surface area contributed by atoms with Gasteiger partial charge in [-0.1, -0.05) is 0 Å². The zero-order chi connectivity index (χ0) is 7.82. The Balaban J connectivity index is 3.09. The molecule has 0 rings (SSSR count). The minimum Gasteiger partial charge on any atom is -0.372 e. The first-order valence-electron chi connectivity index (χ1n) is 3.29. The highest BCUT2D eigenvalue weighted by Crippen LogP contribution is 1.73. The maximum atomic E-state index is 10.6. The van der Waals surface area contributed by atoms with Crippen molar-refractivity contribution in [3.05, 3.63) is 0 Å². The third kappa shape index (κ3) is 5.53. The van der Waals surface area contributed by atoms with E-state index in [4.69, 9.17) is 4.74 Å². The highest BCUT2D eigenvalue weighted by atomic mass is 16.7. The normalized spacial score (nSPS) is 9.40. The molecule has 0 aliphatic carbocycles. The van der Waals surface area contributed by atoms with Gasteiger partial charge in [0.15, 0.2) is 0 Å². The Bertz CT molecular complexity index is 85.0. The second-order valence-electron chi connectivity index (χ2n) is 1.60. The van der Waals surface area contributed by atoms with Crippen LogP contribution in [0.5, 0.6) is 0 Å². The van der Waals surface area contributed by atoms with Gasteiger partial charge in [0.1, 0.15) is 6.61 Å². The molecule has 0 saturated heterocycles. The van der Waals surface area contributed by atoms with Crippen molar-refractivity contribution in [3.8, 4) is 0 Å². The van der Waals surface area contributed by atoms with Gasteiger partial charge in [-0.05, 0) is 13.8 Å². The van der Waals surface area contributed by atoms with E-state index >= 15 is 0 Å². The molecule has 0 unspecified atom stereocenters. The summed E-state index contributed by atoms with van der Waals surface area (Å²) in [5.74, 6) is -0.247. The average molecular weight is 147 g/mol. The third-order valence-electron chi connectivity index (χ3n) is 0.768.